The van der Waals surface area contributed by atoms with Crippen molar-refractivity contribution in [1.29, 1.82) is 0 Å². The minimum atomic E-state index is 0.537. The molecule has 1 aromatic carbocycles. The van der Waals surface area contributed by atoms with E-state index in [1.807, 2.05) is 0 Å². The Morgan fingerprint density at radius 3 is 2.35 bits per heavy atom. The zero-order chi connectivity index (χ0) is 14.7. The third-order valence-corrected chi connectivity index (χ3v) is 4.25. The van der Waals surface area contributed by atoms with Crippen LogP contribution >= 0.6 is 0 Å². The van der Waals surface area contributed by atoms with Crippen LogP contribution in [0.15, 0.2) is 24.3 Å². The van der Waals surface area contributed by atoms with E-state index in [0.717, 1.165) is 25.6 Å². The molecule has 0 radical (unpaired) electrons. The van der Waals surface area contributed by atoms with Gasteiger partial charge in [0.05, 0.1) is 0 Å². The molecule has 0 aliphatic carbocycles. The molecule has 3 nitrogen and oxygen atoms in total. The van der Waals surface area contributed by atoms with Gasteiger partial charge in [0.15, 0.2) is 0 Å². The molecule has 1 aromatic rings. The van der Waals surface area contributed by atoms with E-state index in [2.05, 4.69) is 74.2 Å². The quantitative estimate of drug-likeness (QED) is 0.891. The van der Waals surface area contributed by atoms with Gasteiger partial charge in [-0.15, -0.1) is 0 Å². The Balaban J connectivity index is 1.97. The molecule has 112 valence electrons. The summed E-state index contributed by atoms with van der Waals surface area (Å²) >= 11 is 0. The summed E-state index contributed by atoms with van der Waals surface area (Å²) in [5.41, 5.74) is 2.72. The van der Waals surface area contributed by atoms with Crippen molar-refractivity contribution in [2.45, 2.75) is 39.4 Å². The molecule has 2 rings (SSSR count). The molecule has 1 fully saturated rings. The maximum absolute atomic E-state index is 3.46. The molecular weight excluding hydrogens is 246 g/mol. The highest BCUT2D eigenvalue weighted by atomic mass is 15.2. The number of anilines is 1. The molecule has 1 aliphatic rings. The van der Waals surface area contributed by atoms with Crippen LogP contribution in [0.5, 0.6) is 0 Å². The number of nitrogens with zero attached hydrogens (tertiary/aromatic N) is 2. The summed E-state index contributed by atoms with van der Waals surface area (Å²) in [4.78, 5) is 4.86. The smallest absolute Gasteiger partial charge is 0.0367 e. The van der Waals surface area contributed by atoms with Gasteiger partial charge in [0.25, 0.3) is 0 Å². The van der Waals surface area contributed by atoms with Crippen LogP contribution < -0.4 is 10.2 Å². The number of hydrogen-bond donors (Lipinski definition) is 1. The van der Waals surface area contributed by atoms with Crippen LogP contribution in [-0.4, -0.2) is 44.2 Å². The Labute approximate surface area is 124 Å². The molecule has 1 aliphatic heterocycles. The zero-order valence-corrected chi connectivity index (χ0v) is 13.6. The van der Waals surface area contributed by atoms with Gasteiger partial charge < -0.3 is 15.1 Å². The average molecular weight is 275 g/mol. The second kappa shape index (κ2) is 6.59. The van der Waals surface area contributed by atoms with Crippen LogP contribution in [0.1, 0.15) is 26.3 Å². The fourth-order valence-corrected chi connectivity index (χ4v) is 2.98. The number of likely N-dealkylation sites (N-methyl/N-ethyl adjacent to an activating group) is 1. The second-order valence-corrected chi connectivity index (χ2v) is 6.62. The summed E-state index contributed by atoms with van der Waals surface area (Å²) < 4.78 is 0. The van der Waals surface area contributed by atoms with E-state index >= 15 is 0 Å². The highest BCUT2D eigenvalue weighted by molar-refractivity contribution is 5.49. The first-order valence-corrected chi connectivity index (χ1v) is 7.71. The minimum absolute atomic E-state index is 0.537. The molecular formula is C17H29N3. The van der Waals surface area contributed by atoms with Gasteiger partial charge in [-0.25, -0.2) is 0 Å². The van der Waals surface area contributed by atoms with Crippen LogP contribution in [0.3, 0.4) is 0 Å². The van der Waals surface area contributed by atoms with Gasteiger partial charge in [-0.1, -0.05) is 32.9 Å². The van der Waals surface area contributed by atoms with Gasteiger partial charge in [-0.05, 0) is 37.7 Å². The lowest BCUT2D eigenvalue weighted by molar-refractivity contribution is 0.266. The minimum Gasteiger partial charge on any atom is -0.370 e. The molecule has 1 heterocycles. The lowest BCUT2D eigenvalue weighted by atomic mass is 10.1. The van der Waals surface area contributed by atoms with E-state index in [1.165, 1.54) is 11.3 Å². The first kappa shape index (κ1) is 15.3. The maximum Gasteiger partial charge on any atom is 0.0367 e. The van der Waals surface area contributed by atoms with Crippen molar-refractivity contribution in [3.8, 4) is 0 Å². The number of nitrogens with one attached hydrogen (secondary N) is 1. The monoisotopic (exact) mass is 275 g/mol. The van der Waals surface area contributed by atoms with Gasteiger partial charge in [0, 0.05) is 37.4 Å². The Morgan fingerprint density at radius 1 is 1.20 bits per heavy atom. The van der Waals surface area contributed by atoms with Crippen molar-refractivity contribution in [2.75, 3.05) is 32.1 Å². The van der Waals surface area contributed by atoms with Crippen molar-refractivity contribution in [2.24, 2.45) is 5.92 Å². The van der Waals surface area contributed by atoms with Crippen LogP contribution in [-0.2, 0) is 6.54 Å². The third kappa shape index (κ3) is 3.74. The first-order chi connectivity index (χ1) is 9.47. The molecule has 2 atom stereocenters. The van der Waals surface area contributed by atoms with Crippen molar-refractivity contribution in [3.63, 3.8) is 0 Å². The van der Waals surface area contributed by atoms with Gasteiger partial charge >= 0.3 is 0 Å². The number of benzene rings is 1. The van der Waals surface area contributed by atoms with Gasteiger partial charge in [-0.2, -0.15) is 0 Å². The van der Waals surface area contributed by atoms with Crippen LogP contribution in [0.25, 0.3) is 0 Å². The summed E-state index contributed by atoms with van der Waals surface area (Å²) in [6, 6.07) is 10.2. The van der Waals surface area contributed by atoms with E-state index in [0.29, 0.717) is 12.1 Å². The maximum atomic E-state index is 3.46. The predicted octanol–water partition coefficient (Wildman–Crippen LogP) is 2.57. The van der Waals surface area contributed by atoms with E-state index in [-0.39, 0.29) is 0 Å². The highest BCUT2D eigenvalue weighted by Crippen LogP contribution is 2.26. The Morgan fingerprint density at radius 2 is 1.85 bits per heavy atom. The summed E-state index contributed by atoms with van der Waals surface area (Å²) in [7, 11) is 4.37. The van der Waals surface area contributed by atoms with E-state index in [4.69, 9.17) is 0 Å². The summed E-state index contributed by atoms with van der Waals surface area (Å²) in [6.07, 6.45) is 0. The van der Waals surface area contributed by atoms with Crippen molar-refractivity contribution < 1.29 is 0 Å². The predicted molar refractivity (Wildman–Crippen MR) is 87.3 cm³/mol. The van der Waals surface area contributed by atoms with Gasteiger partial charge in [0.1, 0.15) is 0 Å². The molecule has 1 saturated heterocycles. The molecule has 0 amide bonds. The standard InChI is InChI=1S/C17H29N3/c1-13(2)18-10-15-6-8-16(9-7-15)20-11-14(3)17(12-20)19(4)5/h6-9,13-14,17-18H,10-12H2,1-5H3. The Kier molecular flexibility index (Phi) is 5.06. The fourth-order valence-electron chi connectivity index (χ4n) is 2.98. The van der Waals surface area contributed by atoms with Gasteiger partial charge in [-0.3, -0.25) is 0 Å². The number of hydrogen-bond acceptors (Lipinski definition) is 3. The Bertz CT molecular complexity index is 411. The SMILES string of the molecule is CC(C)NCc1ccc(N2CC(C)C(N(C)C)C2)cc1. The van der Waals surface area contributed by atoms with E-state index in [1.54, 1.807) is 0 Å². The summed E-state index contributed by atoms with van der Waals surface area (Å²) in [6.45, 7) is 9.97. The number of rotatable bonds is 5. The summed E-state index contributed by atoms with van der Waals surface area (Å²) in [5, 5.41) is 3.46. The van der Waals surface area contributed by atoms with Crippen LogP contribution in [0.4, 0.5) is 5.69 Å². The van der Waals surface area contributed by atoms with Crippen LogP contribution in [0.2, 0.25) is 0 Å². The fraction of sp³-hybridized carbons (Fsp3) is 0.647. The molecule has 0 aromatic heterocycles. The molecule has 0 spiro atoms. The molecule has 2 unspecified atom stereocenters. The largest absolute Gasteiger partial charge is 0.370 e. The lowest BCUT2D eigenvalue weighted by Gasteiger charge is -2.23. The molecule has 3 heteroatoms. The lowest BCUT2D eigenvalue weighted by Crippen LogP contribution is -2.34. The highest BCUT2D eigenvalue weighted by Gasteiger charge is 2.30. The third-order valence-electron chi connectivity index (χ3n) is 4.25. The normalized spacial score (nSPS) is 23.1. The second-order valence-electron chi connectivity index (χ2n) is 6.62. The van der Waals surface area contributed by atoms with E-state index < -0.39 is 0 Å². The van der Waals surface area contributed by atoms with Crippen molar-refractivity contribution in [3.05, 3.63) is 29.8 Å². The Hall–Kier alpha value is -1.06. The first-order valence-electron chi connectivity index (χ1n) is 7.71. The van der Waals surface area contributed by atoms with Crippen LogP contribution in [0, 0.1) is 5.92 Å². The average Bonchev–Trinajstić information content (AvgIpc) is 2.79. The zero-order valence-electron chi connectivity index (χ0n) is 13.6. The summed E-state index contributed by atoms with van der Waals surface area (Å²) in [5.74, 6) is 0.729. The van der Waals surface area contributed by atoms with Gasteiger partial charge in [0.2, 0.25) is 0 Å². The molecule has 0 saturated carbocycles. The molecule has 20 heavy (non-hydrogen) atoms. The van der Waals surface area contributed by atoms with E-state index in [9.17, 15) is 0 Å². The molecule has 0 bridgehead atoms. The topological polar surface area (TPSA) is 18.5 Å². The van der Waals surface area contributed by atoms with Crippen molar-refractivity contribution >= 4 is 5.69 Å². The van der Waals surface area contributed by atoms with Crippen molar-refractivity contribution in [1.82, 2.24) is 10.2 Å². The molecule has 1 N–H and O–H groups in total.